The first-order chi connectivity index (χ1) is 18.7. The van der Waals surface area contributed by atoms with Crippen molar-refractivity contribution in [2.75, 3.05) is 7.11 Å². The van der Waals surface area contributed by atoms with Crippen molar-refractivity contribution in [3.63, 3.8) is 0 Å². The molecule has 0 unspecified atom stereocenters. The van der Waals surface area contributed by atoms with Crippen LogP contribution in [0.1, 0.15) is 92.2 Å². The highest BCUT2D eigenvalue weighted by molar-refractivity contribution is 5.74. The lowest BCUT2D eigenvalue weighted by molar-refractivity contribution is -0.139. The van der Waals surface area contributed by atoms with Crippen LogP contribution in [0.15, 0.2) is 66.7 Å². The summed E-state index contributed by atoms with van der Waals surface area (Å²) in [7, 11) is 1.43. The second-order valence-electron chi connectivity index (χ2n) is 11.3. The zero-order chi connectivity index (χ0) is 28.0. The molecular weight excluding hydrogens is 480 g/mol. The van der Waals surface area contributed by atoms with E-state index in [1.807, 2.05) is 18.2 Å². The molecule has 0 spiro atoms. The van der Waals surface area contributed by atoms with Crippen LogP contribution < -0.4 is 0 Å². The Hall–Kier alpha value is -3.17. The van der Waals surface area contributed by atoms with E-state index in [9.17, 15) is 9.90 Å². The highest BCUT2D eigenvalue weighted by atomic mass is 16.5. The molecule has 3 nitrogen and oxygen atoms in total. The first-order valence-electron chi connectivity index (χ1n) is 14.5. The minimum absolute atomic E-state index is 0.0788. The molecule has 1 saturated carbocycles. The van der Waals surface area contributed by atoms with E-state index in [0.717, 1.165) is 49.7 Å². The van der Waals surface area contributed by atoms with Crippen molar-refractivity contribution in [3.05, 3.63) is 100 Å². The Morgan fingerprint density at radius 3 is 2.21 bits per heavy atom. The van der Waals surface area contributed by atoms with Crippen molar-refractivity contribution < 1.29 is 14.6 Å². The number of aryl methyl sites for hydroxylation is 2. The first kappa shape index (κ1) is 28.8. The summed E-state index contributed by atoms with van der Waals surface area (Å²) in [6.45, 7) is 8.92. The molecule has 0 aliphatic heterocycles. The average molecular weight is 525 g/mol. The Morgan fingerprint density at radius 2 is 1.59 bits per heavy atom. The summed E-state index contributed by atoms with van der Waals surface area (Å²) < 4.78 is 4.85. The topological polar surface area (TPSA) is 46.5 Å². The van der Waals surface area contributed by atoms with Gasteiger partial charge in [0.05, 0.1) is 19.1 Å². The quantitative estimate of drug-likeness (QED) is 0.285. The van der Waals surface area contributed by atoms with Crippen LogP contribution in [0.3, 0.4) is 0 Å². The molecule has 1 aliphatic carbocycles. The van der Waals surface area contributed by atoms with Gasteiger partial charge in [-0.1, -0.05) is 106 Å². The van der Waals surface area contributed by atoms with E-state index < -0.39 is 5.60 Å². The van der Waals surface area contributed by atoms with Crippen LogP contribution in [0.25, 0.3) is 17.2 Å². The molecule has 0 radical (unpaired) electrons. The van der Waals surface area contributed by atoms with Gasteiger partial charge < -0.3 is 9.84 Å². The summed E-state index contributed by atoms with van der Waals surface area (Å²) in [5, 5.41) is 10.9. The average Bonchev–Trinajstić information content (AvgIpc) is 2.94. The lowest BCUT2D eigenvalue weighted by Gasteiger charge is -2.34. The second kappa shape index (κ2) is 12.3. The van der Waals surface area contributed by atoms with Crippen molar-refractivity contribution in [2.24, 2.45) is 0 Å². The number of hydrogen-bond donors (Lipinski definition) is 1. The normalized spacial score (nSPS) is 15.4. The Balaban J connectivity index is 1.64. The standard InChI is InChI=1S/C36H44O3/c1-6-36(7-2,31-15-14-29(26(3)22-31)18-21-35(38)19-9-8-10-20-35)32-16-17-33(27(4)23-32)30-13-11-12-28(24-30)25-34(37)39-5/h11-18,21-24,38H,6-10,19-20,25H2,1-5H3. The fraction of sp³-hybridized carbons (Fsp3) is 0.417. The predicted octanol–water partition coefficient (Wildman–Crippen LogP) is 8.50. The Labute approximate surface area is 234 Å². The van der Waals surface area contributed by atoms with Crippen LogP contribution in [-0.2, 0) is 21.4 Å². The molecule has 3 heteroatoms. The molecule has 3 aromatic carbocycles. The van der Waals surface area contributed by atoms with Gasteiger partial charge in [-0.3, -0.25) is 4.79 Å². The summed E-state index contributed by atoms with van der Waals surface area (Å²) in [4.78, 5) is 11.8. The van der Waals surface area contributed by atoms with E-state index in [-0.39, 0.29) is 17.8 Å². The summed E-state index contributed by atoms with van der Waals surface area (Å²) in [6.07, 6.45) is 11.6. The van der Waals surface area contributed by atoms with E-state index in [2.05, 4.69) is 82.3 Å². The van der Waals surface area contributed by atoms with Gasteiger partial charge in [-0.05, 0) is 84.0 Å². The van der Waals surface area contributed by atoms with Gasteiger partial charge in [-0.2, -0.15) is 0 Å². The van der Waals surface area contributed by atoms with Crippen molar-refractivity contribution in [1.82, 2.24) is 0 Å². The molecule has 3 aromatic rings. The molecule has 4 rings (SSSR count). The summed E-state index contributed by atoms with van der Waals surface area (Å²) in [5.41, 5.74) is 8.84. The summed E-state index contributed by atoms with van der Waals surface area (Å²) >= 11 is 0. The van der Waals surface area contributed by atoms with Crippen molar-refractivity contribution in [3.8, 4) is 11.1 Å². The molecule has 1 fully saturated rings. The predicted molar refractivity (Wildman–Crippen MR) is 162 cm³/mol. The van der Waals surface area contributed by atoms with E-state index >= 15 is 0 Å². The Kier molecular flexibility index (Phi) is 9.12. The van der Waals surface area contributed by atoms with E-state index in [1.54, 1.807) is 0 Å². The fourth-order valence-corrected chi connectivity index (χ4v) is 6.34. The maximum Gasteiger partial charge on any atom is 0.309 e. The van der Waals surface area contributed by atoms with Gasteiger partial charge in [-0.25, -0.2) is 0 Å². The molecule has 0 heterocycles. The fourth-order valence-electron chi connectivity index (χ4n) is 6.34. The van der Waals surface area contributed by atoms with Gasteiger partial charge in [0.15, 0.2) is 0 Å². The van der Waals surface area contributed by atoms with Gasteiger partial charge in [0.1, 0.15) is 0 Å². The molecule has 0 saturated heterocycles. The lowest BCUT2D eigenvalue weighted by atomic mass is 9.69. The van der Waals surface area contributed by atoms with Crippen LogP contribution in [0, 0.1) is 13.8 Å². The van der Waals surface area contributed by atoms with Gasteiger partial charge in [0.2, 0.25) is 0 Å². The third kappa shape index (κ3) is 6.36. The van der Waals surface area contributed by atoms with Crippen molar-refractivity contribution in [2.45, 2.75) is 90.1 Å². The Morgan fingerprint density at radius 1 is 0.923 bits per heavy atom. The summed E-state index contributed by atoms with van der Waals surface area (Å²) in [6, 6.07) is 21.9. The molecule has 39 heavy (non-hydrogen) atoms. The SMILES string of the molecule is CCC(CC)(c1ccc(C=CC2(O)CCCCC2)c(C)c1)c1ccc(-c2cccc(CC(=O)OC)c2)c(C)c1. The number of aliphatic hydroxyl groups is 1. The minimum Gasteiger partial charge on any atom is -0.469 e. The smallest absolute Gasteiger partial charge is 0.309 e. The zero-order valence-electron chi connectivity index (χ0n) is 24.3. The van der Waals surface area contributed by atoms with E-state index in [0.29, 0.717) is 0 Å². The van der Waals surface area contributed by atoms with Gasteiger partial charge in [0.25, 0.3) is 0 Å². The van der Waals surface area contributed by atoms with Crippen molar-refractivity contribution in [1.29, 1.82) is 0 Å². The molecule has 0 aromatic heterocycles. The molecule has 0 amide bonds. The first-order valence-corrected chi connectivity index (χ1v) is 14.5. The van der Waals surface area contributed by atoms with Crippen LogP contribution >= 0.6 is 0 Å². The van der Waals surface area contributed by atoms with Gasteiger partial charge >= 0.3 is 5.97 Å². The molecule has 0 bridgehead atoms. The molecule has 1 N–H and O–H groups in total. The Bertz CT molecular complexity index is 1320. The number of ether oxygens (including phenoxy) is 1. The molecule has 206 valence electrons. The number of carbonyl (C=O) groups is 1. The van der Waals surface area contributed by atoms with Gasteiger partial charge in [-0.15, -0.1) is 0 Å². The van der Waals surface area contributed by atoms with Crippen LogP contribution in [-0.4, -0.2) is 23.8 Å². The molecular formula is C36H44O3. The number of benzene rings is 3. The van der Waals surface area contributed by atoms with E-state index in [1.165, 1.54) is 46.9 Å². The van der Waals surface area contributed by atoms with Gasteiger partial charge in [0, 0.05) is 5.41 Å². The highest BCUT2D eigenvalue weighted by Crippen LogP contribution is 2.41. The zero-order valence-corrected chi connectivity index (χ0v) is 24.3. The number of carbonyl (C=O) groups excluding carboxylic acids is 1. The third-order valence-corrected chi connectivity index (χ3v) is 8.92. The monoisotopic (exact) mass is 524 g/mol. The number of rotatable bonds is 9. The second-order valence-corrected chi connectivity index (χ2v) is 11.3. The van der Waals surface area contributed by atoms with Crippen LogP contribution in [0.2, 0.25) is 0 Å². The highest BCUT2D eigenvalue weighted by Gasteiger charge is 2.31. The van der Waals surface area contributed by atoms with E-state index in [4.69, 9.17) is 4.74 Å². The number of hydrogen-bond acceptors (Lipinski definition) is 3. The number of methoxy groups -OCH3 is 1. The van der Waals surface area contributed by atoms with Crippen molar-refractivity contribution >= 4 is 12.0 Å². The molecule has 0 atom stereocenters. The minimum atomic E-state index is -0.655. The maximum absolute atomic E-state index is 11.8. The molecule has 1 aliphatic rings. The summed E-state index contributed by atoms with van der Waals surface area (Å²) in [5.74, 6) is -0.225. The third-order valence-electron chi connectivity index (χ3n) is 8.92. The lowest BCUT2D eigenvalue weighted by Crippen LogP contribution is -2.28. The number of esters is 1. The largest absolute Gasteiger partial charge is 0.469 e. The van der Waals surface area contributed by atoms with Crippen LogP contribution in [0.5, 0.6) is 0 Å². The van der Waals surface area contributed by atoms with Crippen LogP contribution in [0.4, 0.5) is 0 Å². The maximum atomic E-state index is 11.8.